The van der Waals surface area contributed by atoms with Gasteiger partial charge < -0.3 is 10.2 Å². The number of anilines is 1. The summed E-state index contributed by atoms with van der Waals surface area (Å²) >= 11 is 0. The van der Waals surface area contributed by atoms with Crippen molar-refractivity contribution in [3.63, 3.8) is 0 Å². The Bertz CT molecular complexity index is 647. The van der Waals surface area contributed by atoms with E-state index in [2.05, 4.69) is 36.5 Å². The molecule has 21 heavy (non-hydrogen) atoms. The monoisotopic (exact) mass is 282 g/mol. The van der Waals surface area contributed by atoms with Crippen molar-refractivity contribution < 1.29 is 4.79 Å². The molecule has 1 aliphatic rings. The largest absolute Gasteiger partial charge is 0.316 e. The lowest BCUT2D eigenvalue weighted by Gasteiger charge is -2.27. The molecule has 3 rings (SSSR count). The molecule has 1 aliphatic heterocycles. The molecular formula is C18H22N2O. The molecule has 0 bridgehead atoms. The molecule has 3 nitrogen and oxygen atoms in total. The number of amides is 1. The summed E-state index contributed by atoms with van der Waals surface area (Å²) in [6.45, 7) is 6.63. The highest BCUT2D eigenvalue weighted by Gasteiger charge is 2.33. The van der Waals surface area contributed by atoms with Gasteiger partial charge in [-0.25, -0.2) is 0 Å². The number of hydrogen-bond donors (Lipinski definition) is 1. The predicted molar refractivity (Wildman–Crippen MR) is 87.5 cm³/mol. The first kappa shape index (κ1) is 14.1. The Balaban J connectivity index is 2.00. The quantitative estimate of drug-likeness (QED) is 0.938. The summed E-state index contributed by atoms with van der Waals surface area (Å²) in [5.41, 5.74) is 1.03. The normalized spacial score (nSPS) is 21.6. The van der Waals surface area contributed by atoms with Crippen LogP contribution in [0.2, 0.25) is 0 Å². The second-order valence-electron chi connectivity index (χ2n) is 5.82. The maximum atomic E-state index is 12.9. The minimum absolute atomic E-state index is 0.0870. The summed E-state index contributed by atoms with van der Waals surface area (Å²) in [7, 11) is 0. The molecule has 1 N–H and O–H groups in total. The van der Waals surface area contributed by atoms with Crippen LogP contribution in [0.3, 0.4) is 0 Å². The smallest absolute Gasteiger partial charge is 0.231 e. The minimum atomic E-state index is 0.0870. The fourth-order valence-electron chi connectivity index (χ4n) is 3.23. The van der Waals surface area contributed by atoms with E-state index in [4.69, 9.17) is 0 Å². The van der Waals surface area contributed by atoms with Crippen LogP contribution in [0.15, 0.2) is 42.5 Å². The Morgan fingerprint density at radius 1 is 1.19 bits per heavy atom. The number of fused-ring (bicyclic) bond motifs is 1. The van der Waals surface area contributed by atoms with E-state index in [0.29, 0.717) is 12.5 Å². The van der Waals surface area contributed by atoms with Gasteiger partial charge in [-0.15, -0.1) is 0 Å². The molecule has 3 heteroatoms. The molecule has 0 spiro atoms. The van der Waals surface area contributed by atoms with Crippen molar-refractivity contribution in [2.75, 3.05) is 24.5 Å². The SMILES string of the molecule is CCN(C(=O)C1CNCC1C)c1cccc2ccccc12. The van der Waals surface area contributed by atoms with Gasteiger partial charge in [0.15, 0.2) is 0 Å². The van der Waals surface area contributed by atoms with Gasteiger partial charge in [0.25, 0.3) is 0 Å². The number of hydrogen-bond acceptors (Lipinski definition) is 2. The summed E-state index contributed by atoms with van der Waals surface area (Å²) in [5, 5.41) is 5.65. The van der Waals surface area contributed by atoms with Crippen LogP contribution in [0, 0.1) is 11.8 Å². The Morgan fingerprint density at radius 3 is 2.67 bits per heavy atom. The average molecular weight is 282 g/mol. The van der Waals surface area contributed by atoms with E-state index in [0.717, 1.165) is 24.2 Å². The summed E-state index contributed by atoms with van der Waals surface area (Å²) in [4.78, 5) is 14.9. The standard InChI is InChI=1S/C18H22N2O/c1-3-20(18(21)16-12-19-11-13(16)2)17-10-6-8-14-7-4-5-9-15(14)17/h4-10,13,16,19H,3,11-12H2,1-2H3. The molecule has 2 aromatic carbocycles. The summed E-state index contributed by atoms with van der Waals surface area (Å²) < 4.78 is 0. The number of nitrogens with zero attached hydrogens (tertiary/aromatic N) is 1. The van der Waals surface area contributed by atoms with Gasteiger partial charge in [0.2, 0.25) is 5.91 Å². The Hall–Kier alpha value is -1.87. The summed E-state index contributed by atoms with van der Waals surface area (Å²) in [6, 6.07) is 14.4. The number of rotatable bonds is 3. The molecule has 0 saturated carbocycles. The van der Waals surface area contributed by atoms with Crippen molar-refractivity contribution in [2.24, 2.45) is 11.8 Å². The van der Waals surface area contributed by atoms with Crippen LogP contribution in [0.1, 0.15) is 13.8 Å². The highest BCUT2D eigenvalue weighted by atomic mass is 16.2. The zero-order valence-corrected chi connectivity index (χ0v) is 12.7. The zero-order valence-electron chi connectivity index (χ0n) is 12.7. The molecule has 1 heterocycles. The van der Waals surface area contributed by atoms with E-state index in [9.17, 15) is 4.79 Å². The van der Waals surface area contributed by atoms with Crippen molar-refractivity contribution in [1.82, 2.24) is 5.32 Å². The van der Waals surface area contributed by atoms with E-state index in [1.807, 2.05) is 30.0 Å². The second-order valence-corrected chi connectivity index (χ2v) is 5.82. The van der Waals surface area contributed by atoms with Crippen LogP contribution < -0.4 is 10.2 Å². The van der Waals surface area contributed by atoms with E-state index in [-0.39, 0.29) is 11.8 Å². The van der Waals surface area contributed by atoms with Gasteiger partial charge in [-0.05, 0) is 30.8 Å². The van der Waals surface area contributed by atoms with Crippen molar-refractivity contribution >= 4 is 22.4 Å². The van der Waals surface area contributed by atoms with Crippen LogP contribution in [0.4, 0.5) is 5.69 Å². The van der Waals surface area contributed by atoms with Gasteiger partial charge in [0.1, 0.15) is 0 Å². The van der Waals surface area contributed by atoms with E-state index in [1.54, 1.807) is 0 Å². The molecule has 2 unspecified atom stereocenters. The highest BCUT2D eigenvalue weighted by molar-refractivity contribution is 6.04. The number of carbonyl (C=O) groups excluding carboxylic acids is 1. The van der Waals surface area contributed by atoms with Gasteiger partial charge >= 0.3 is 0 Å². The molecule has 0 radical (unpaired) electrons. The van der Waals surface area contributed by atoms with Crippen molar-refractivity contribution in [1.29, 1.82) is 0 Å². The lowest BCUT2D eigenvalue weighted by molar-refractivity contribution is -0.122. The summed E-state index contributed by atoms with van der Waals surface area (Å²) in [6.07, 6.45) is 0. The van der Waals surface area contributed by atoms with Crippen LogP contribution >= 0.6 is 0 Å². The first-order chi connectivity index (χ1) is 10.2. The lowest BCUT2D eigenvalue weighted by Crippen LogP contribution is -2.39. The zero-order chi connectivity index (χ0) is 14.8. The van der Waals surface area contributed by atoms with E-state index in [1.165, 1.54) is 5.39 Å². The third kappa shape index (κ3) is 2.54. The van der Waals surface area contributed by atoms with Gasteiger partial charge in [0, 0.05) is 18.5 Å². The molecule has 2 atom stereocenters. The lowest BCUT2D eigenvalue weighted by atomic mass is 9.96. The fourth-order valence-corrected chi connectivity index (χ4v) is 3.23. The number of nitrogens with one attached hydrogen (secondary N) is 1. The molecule has 1 fully saturated rings. The van der Waals surface area contributed by atoms with Gasteiger partial charge in [0.05, 0.1) is 11.6 Å². The molecule has 1 amide bonds. The third-order valence-corrected chi connectivity index (χ3v) is 4.47. The molecule has 0 aromatic heterocycles. The Kier molecular flexibility index (Phi) is 3.93. The average Bonchev–Trinajstić information content (AvgIpc) is 2.94. The van der Waals surface area contributed by atoms with E-state index >= 15 is 0 Å². The summed E-state index contributed by atoms with van der Waals surface area (Å²) in [5.74, 6) is 0.733. The van der Waals surface area contributed by atoms with Crippen LogP contribution in [0.5, 0.6) is 0 Å². The first-order valence-electron chi connectivity index (χ1n) is 7.72. The van der Waals surface area contributed by atoms with Gasteiger partial charge in [-0.1, -0.05) is 43.3 Å². The minimum Gasteiger partial charge on any atom is -0.316 e. The first-order valence-corrected chi connectivity index (χ1v) is 7.72. The topological polar surface area (TPSA) is 32.3 Å². The third-order valence-electron chi connectivity index (χ3n) is 4.47. The fraction of sp³-hybridized carbons (Fsp3) is 0.389. The van der Waals surface area contributed by atoms with E-state index < -0.39 is 0 Å². The number of carbonyl (C=O) groups is 1. The van der Waals surface area contributed by atoms with Crippen molar-refractivity contribution in [2.45, 2.75) is 13.8 Å². The maximum absolute atomic E-state index is 12.9. The highest BCUT2D eigenvalue weighted by Crippen LogP contribution is 2.29. The molecule has 1 saturated heterocycles. The maximum Gasteiger partial charge on any atom is 0.231 e. The predicted octanol–water partition coefficient (Wildman–Crippen LogP) is 3.05. The molecular weight excluding hydrogens is 260 g/mol. The van der Waals surface area contributed by atoms with Crippen molar-refractivity contribution in [3.8, 4) is 0 Å². The van der Waals surface area contributed by atoms with Crippen LogP contribution in [-0.4, -0.2) is 25.5 Å². The van der Waals surface area contributed by atoms with Crippen LogP contribution in [0.25, 0.3) is 10.8 Å². The molecule has 2 aromatic rings. The Labute approximate surface area is 125 Å². The number of benzene rings is 2. The van der Waals surface area contributed by atoms with Gasteiger partial charge in [-0.3, -0.25) is 4.79 Å². The van der Waals surface area contributed by atoms with Gasteiger partial charge in [-0.2, -0.15) is 0 Å². The molecule has 110 valence electrons. The second kappa shape index (κ2) is 5.86. The van der Waals surface area contributed by atoms with Crippen molar-refractivity contribution in [3.05, 3.63) is 42.5 Å². The van der Waals surface area contributed by atoms with Crippen LogP contribution in [-0.2, 0) is 4.79 Å². The Morgan fingerprint density at radius 2 is 1.95 bits per heavy atom. The molecule has 0 aliphatic carbocycles.